The van der Waals surface area contributed by atoms with Crippen molar-refractivity contribution in [1.82, 2.24) is 19.7 Å². The van der Waals surface area contributed by atoms with E-state index < -0.39 is 11.6 Å². The van der Waals surface area contributed by atoms with Gasteiger partial charge in [-0.25, -0.2) is 13.8 Å². The summed E-state index contributed by atoms with van der Waals surface area (Å²) in [6.07, 6.45) is 5.92. The van der Waals surface area contributed by atoms with Crippen LogP contribution >= 0.6 is 0 Å². The Labute approximate surface area is 187 Å². The number of carbonyl (C=O) groups excluding carboxylic acids is 1. The number of rotatable bonds is 7. The lowest BCUT2D eigenvalue weighted by Gasteiger charge is -2.13. The van der Waals surface area contributed by atoms with E-state index in [1.54, 1.807) is 48.4 Å². The van der Waals surface area contributed by atoms with Crippen molar-refractivity contribution in [2.24, 2.45) is 7.05 Å². The zero-order chi connectivity index (χ0) is 23.4. The molecule has 0 fully saturated rings. The minimum atomic E-state index is -1.01. The normalized spacial score (nSPS) is 10.5. The second-order valence-electron chi connectivity index (χ2n) is 6.89. The predicted molar refractivity (Wildman–Crippen MR) is 119 cm³/mol. The Hall–Kier alpha value is -4.60. The van der Waals surface area contributed by atoms with Crippen molar-refractivity contribution in [3.8, 4) is 22.8 Å². The largest absolute Gasteiger partial charge is 0.438 e. The van der Waals surface area contributed by atoms with Gasteiger partial charge in [0.15, 0.2) is 11.6 Å². The number of nitrogens with zero attached hydrogens (tertiary/aromatic N) is 4. The van der Waals surface area contributed by atoms with Crippen LogP contribution in [-0.4, -0.2) is 25.7 Å². The van der Waals surface area contributed by atoms with Crippen LogP contribution in [-0.2, 0) is 11.8 Å². The van der Waals surface area contributed by atoms with Crippen molar-refractivity contribution in [3.63, 3.8) is 0 Å². The summed E-state index contributed by atoms with van der Waals surface area (Å²) in [6.45, 7) is 3.42. The van der Waals surface area contributed by atoms with Crippen LogP contribution < -0.4 is 15.4 Å². The zero-order valence-electron chi connectivity index (χ0n) is 17.4. The Morgan fingerprint density at radius 1 is 1.12 bits per heavy atom. The molecule has 2 aromatic carbocycles. The molecule has 33 heavy (non-hydrogen) atoms. The minimum Gasteiger partial charge on any atom is -0.438 e. The molecule has 0 spiro atoms. The molecule has 0 unspecified atom stereocenters. The fourth-order valence-corrected chi connectivity index (χ4v) is 2.92. The van der Waals surface area contributed by atoms with E-state index in [2.05, 4.69) is 32.3 Å². The number of amides is 1. The van der Waals surface area contributed by atoms with E-state index in [9.17, 15) is 13.6 Å². The second-order valence-corrected chi connectivity index (χ2v) is 6.89. The molecule has 0 aliphatic heterocycles. The van der Waals surface area contributed by atoms with Gasteiger partial charge in [-0.15, -0.1) is 0 Å². The number of aromatic nitrogens is 4. The SMILES string of the molecule is C=CC(=O)Nc1cccc(Oc2nc(Nc3cnn(C)c3)ncc2-c2ccc(F)c(F)c2)c1. The maximum absolute atomic E-state index is 13.9. The molecule has 2 heterocycles. The molecule has 0 atom stereocenters. The van der Waals surface area contributed by atoms with Crippen LogP contribution in [0.5, 0.6) is 11.6 Å². The first-order valence-corrected chi connectivity index (χ1v) is 9.71. The van der Waals surface area contributed by atoms with E-state index in [0.29, 0.717) is 28.3 Å². The second kappa shape index (κ2) is 9.27. The van der Waals surface area contributed by atoms with Crippen LogP contribution in [0.2, 0.25) is 0 Å². The van der Waals surface area contributed by atoms with Gasteiger partial charge in [0.1, 0.15) is 5.75 Å². The summed E-state index contributed by atoms with van der Waals surface area (Å²) in [4.78, 5) is 20.3. The number of benzene rings is 2. The van der Waals surface area contributed by atoms with Gasteiger partial charge in [-0.1, -0.05) is 18.7 Å². The predicted octanol–water partition coefficient (Wildman–Crippen LogP) is 4.82. The van der Waals surface area contributed by atoms with Gasteiger partial charge in [-0.3, -0.25) is 9.48 Å². The Kier molecular flexibility index (Phi) is 6.07. The van der Waals surface area contributed by atoms with Crippen LogP contribution in [0.4, 0.5) is 26.1 Å². The van der Waals surface area contributed by atoms with Gasteiger partial charge < -0.3 is 15.4 Å². The molecule has 8 nitrogen and oxygen atoms in total. The standard InChI is InChI=1S/C23H18F2N6O2/c1-3-21(32)28-15-5-4-6-17(10-15)33-22-18(14-7-8-19(24)20(25)9-14)12-26-23(30-22)29-16-11-27-31(2)13-16/h3-13H,1H2,2H3,(H,28,32)(H,26,29,30). The first-order chi connectivity index (χ1) is 15.9. The molecule has 166 valence electrons. The maximum atomic E-state index is 13.9. The van der Waals surface area contributed by atoms with Gasteiger partial charge in [0.05, 0.1) is 17.4 Å². The van der Waals surface area contributed by atoms with Crippen LogP contribution in [0.15, 0.2) is 73.7 Å². The molecule has 0 saturated heterocycles. The van der Waals surface area contributed by atoms with Crippen LogP contribution in [0.3, 0.4) is 0 Å². The molecular formula is C23H18F2N6O2. The van der Waals surface area contributed by atoms with Crippen LogP contribution in [0.25, 0.3) is 11.1 Å². The third kappa shape index (κ3) is 5.18. The summed E-state index contributed by atoms with van der Waals surface area (Å²) in [5.74, 6) is -1.70. The van der Waals surface area contributed by atoms with Crippen molar-refractivity contribution in [3.05, 3.63) is 85.3 Å². The number of anilines is 3. The molecule has 4 rings (SSSR count). The van der Waals surface area contributed by atoms with Crippen molar-refractivity contribution in [2.75, 3.05) is 10.6 Å². The fraction of sp³-hybridized carbons (Fsp3) is 0.0435. The smallest absolute Gasteiger partial charge is 0.247 e. The quantitative estimate of drug-likeness (QED) is 0.394. The lowest BCUT2D eigenvalue weighted by atomic mass is 10.1. The van der Waals surface area contributed by atoms with Crippen LogP contribution in [0, 0.1) is 11.6 Å². The lowest BCUT2D eigenvalue weighted by Crippen LogP contribution is -2.07. The van der Waals surface area contributed by atoms with E-state index >= 15 is 0 Å². The van der Waals surface area contributed by atoms with Gasteiger partial charge in [0.25, 0.3) is 0 Å². The Balaban J connectivity index is 1.71. The highest BCUT2D eigenvalue weighted by atomic mass is 19.2. The molecule has 1 amide bonds. The summed E-state index contributed by atoms with van der Waals surface area (Å²) in [5.41, 5.74) is 1.80. The third-order valence-electron chi connectivity index (χ3n) is 4.45. The van der Waals surface area contributed by atoms with E-state index in [0.717, 1.165) is 18.2 Å². The topological polar surface area (TPSA) is 94.0 Å². The molecule has 2 aromatic heterocycles. The van der Waals surface area contributed by atoms with E-state index in [1.807, 2.05) is 0 Å². The fourth-order valence-electron chi connectivity index (χ4n) is 2.92. The Bertz CT molecular complexity index is 1340. The average molecular weight is 448 g/mol. The van der Waals surface area contributed by atoms with E-state index in [-0.39, 0.29) is 17.7 Å². The summed E-state index contributed by atoms with van der Waals surface area (Å²) in [5, 5.41) is 9.72. The van der Waals surface area contributed by atoms with Gasteiger partial charge in [0.2, 0.25) is 17.7 Å². The van der Waals surface area contributed by atoms with Crippen LogP contribution in [0.1, 0.15) is 0 Å². The maximum Gasteiger partial charge on any atom is 0.247 e. The number of hydrogen-bond donors (Lipinski definition) is 2. The number of nitrogens with one attached hydrogen (secondary N) is 2. The summed E-state index contributed by atoms with van der Waals surface area (Å²) >= 11 is 0. The molecule has 4 aromatic rings. The van der Waals surface area contributed by atoms with Crippen molar-refractivity contribution in [2.45, 2.75) is 0 Å². The van der Waals surface area contributed by atoms with Gasteiger partial charge in [-0.2, -0.15) is 10.1 Å². The van der Waals surface area contributed by atoms with Gasteiger partial charge in [-0.05, 0) is 35.9 Å². The monoisotopic (exact) mass is 448 g/mol. The number of halogens is 2. The first kappa shape index (κ1) is 21.6. The zero-order valence-corrected chi connectivity index (χ0v) is 17.4. The van der Waals surface area contributed by atoms with Crippen molar-refractivity contribution in [1.29, 1.82) is 0 Å². The number of ether oxygens (including phenoxy) is 1. The van der Waals surface area contributed by atoms with Gasteiger partial charge in [0, 0.05) is 31.2 Å². The summed E-state index contributed by atoms with van der Waals surface area (Å²) in [7, 11) is 1.77. The molecule has 0 aliphatic rings. The van der Waals surface area contributed by atoms with E-state index in [1.165, 1.54) is 12.3 Å². The molecule has 0 radical (unpaired) electrons. The van der Waals surface area contributed by atoms with E-state index in [4.69, 9.17) is 4.74 Å². The molecule has 0 bridgehead atoms. The highest BCUT2D eigenvalue weighted by molar-refractivity contribution is 5.98. The highest BCUT2D eigenvalue weighted by Gasteiger charge is 2.15. The van der Waals surface area contributed by atoms with Crippen molar-refractivity contribution >= 4 is 23.2 Å². The van der Waals surface area contributed by atoms with Gasteiger partial charge >= 0.3 is 0 Å². The summed E-state index contributed by atoms with van der Waals surface area (Å²) < 4.78 is 34.9. The molecule has 2 N–H and O–H groups in total. The molecule has 0 saturated carbocycles. The number of aryl methyl sites for hydroxylation is 1. The average Bonchev–Trinajstić information content (AvgIpc) is 3.20. The summed E-state index contributed by atoms with van der Waals surface area (Å²) in [6, 6.07) is 10.1. The first-order valence-electron chi connectivity index (χ1n) is 9.71. The molecular weight excluding hydrogens is 430 g/mol. The lowest BCUT2D eigenvalue weighted by molar-refractivity contribution is -0.111. The number of hydrogen-bond acceptors (Lipinski definition) is 6. The Morgan fingerprint density at radius 3 is 2.70 bits per heavy atom. The minimum absolute atomic E-state index is 0.0922. The van der Waals surface area contributed by atoms with Crippen molar-refractivity contribution < 1.29 is 18.3 Å². The number of carbonyl (C=O) groups is 1. The molecule has 0 aliphatic carbocycles. The highest BCUT2D eigenvalue weighted by Crippen LogP contribution is 2.34. The molecule has 10 heteroatoms. The third-order valence-corrected chi connectivity index (χ3v) is 4.45. The Morgan fingerprint density at radius 2 is 1.97 bits per heavy atom.